The van der Waals surface area contributed by atoms with Gasteiger partial charge in [0.05, 0.1) is 10.7 Å². The van der Waals surface area contributed by atoms with Crippen LogP contribution in [0.3, 0.4) is 0 Å². The van der Waals surface area contributed by atoms with Crippen LogP contribution in [-0.2, 0) is 22.4 Å². The van der Waals surface area contributed by atoms with Crippen molar-refractivity contribution in [1.29, 1.82) is 0 Å². The molecule has 2 aromatic heterocycles. The summed E-state index contributed by atoms with van der Waals surface area (Å²) in [5.41, 5.74) is 0.630. The van der Waals surface area contributed by atoms with Gasteiger partial charge in [-0.25, -0.2) is 13.8 Å². The second kappa shape index (κ2) is 10.4. The molecule has 0 aliphatic carbocycles. The van der Waals surface area contributed by atoms with E-state index in [-0.39, 0.29) is 35.2 Å². The van der Waals surface area contributed by atoms with Gasteiger partial charge < -0.3 is 9.74 Å². The highest BCUT2D eigenvalue weighted by atomic mass is 32.1. The Kier molecular flexibility index (Phi) is 7.21. The zero-order valence-corrected chi connectivity index (χ0v) is 21.0. The van der Waals surface area contributed by atoms with E-state index in [2.05, 4.69) is 16.3 Å². The molecule has 7 nitrogen and oxygen atoms in total. The lowest BCUT2D eigenvalue weighted by Crippen LogP contribution is -2.40. The molecule has 0 saturated carbocycles. The number of rotatable bonds is 6. The molecule has 1 atom stereocenters. The van der Waals surface area contributed by atoms with E-state index in [9.17, 15) is 26.7 Å². The number of nitrogens with zero attached hydrogens (tertiary/aromatic N) is 5. The highest BCUT2D eigenvalue weighted by molar-refractivity contribution is 7.10. The fraction of sp³-hybridized carbons (Fsp3) is 0.440. The third-order valence-corrected chi connectivity index (χ3v) is 7.73. The molecular formula is C25H23F5N5O2S. The van der Waals surface area contributed by atoms with Gasteiger partial charge in [-0.2, -0.15) is 18.3 Å². The molecule has 1 unspecified atom stereocenters. The SMILES string of the molecule is Cc1cc(C(F)(F)F)nn1CC(=O)N1CCC(c2nc(C3=NOC(c4[c]cccc4C(F)F)C3)cs2)CC1. The quantitative estimate of drug-likeness (QED) is 0.369. The lowest BCUT2D eigenvalue weighted by Gasteiger charge is -2.31. The number of carbonyl (C=O) groups excluding carboxylic acids is 1. The summed E-state index contributed by atoms with van der Waals surface area (Å²) in [4.78, 5) is 24.5. The van der Waals surface area contributed by atoms with Crippen LogP contribution in [0.4, 0.5) is 22.0 Å². The van der Waals surface area contributed by atoms with Crippen LogP contribution in [0.25, 0.3) is 0 Å². The molecular weight excluding hydrogens is 529 g/mol. The summed E-state index contributed by atoms with van der Waals surface area (Å²) in [6, 6.07) is 8.20. The van der Waals surface area contributed by atoms with Gasteiger partial charge in [0.15, 0.2) is 11.8 Å². The van der Waals surface area contributed by atoms with E-state index in [1.807, 2.05) is 5.38 Å². The maximum Gasteiger partial charge on any atom is 0.435 e. The number of aromatic nitrogens is 3. The van der Waals surface area contributed by atoms with Crippen molar-refractivity contribution < 1.29 is 31.6 Å². The van der Waals surface area contributed by atoms with Crippen LogP contribution in [0, 0.1) is 13.0 Å². The molecule has 201 valence electrons. The number of carbonyl (C=O) groups is 1. The Morgan fingerprint density at radius 2 is 2.05 bits per heavy atom. The maximum absolute atomic E-state index is 13.4. The van der Waals surface area contributed by atoms with Crippen LogP contribution in [0.2, 0.25) is 0 Å². The maximum atomic E-state index is 13.4. The van der Waals surface area contributed by atoms with Crippen molar-refractivity contribution in [3.63, 3.8) is 0 Å². The molecule has 1 amide bonds. The summed E-state index contributed by atoms with van der Waals surface area (Å²) in [6.07, 6.45) is -6.23. The minimum atomic E-state index is -4.56. The van der Waals surface area contributed by atoms with E-state index in [0.717, 1.165) is 15.8 Å². The first-order valence-electron chi connectivity index (χ1n) is 12.0. The number of hydrogen-bond donors (Lipinski definition) is 0. The number of benzene rings is 1. The zero-order chi connectivity index (χ0) is 27.0. The predicted octanol–water partition coefficient (Wildman–Crippen LogP) is 5.68. The van der Waals surface area contributed by atoms with Crippen molar-refractivity contribution in [2.75, 3.05) is 13.1 Å². The number of oxime groups is 1. The van der Waals surface area contributed by atoms with Gasteiger partial charge in [-0.3, -0.25) is 9.48 Å². The van der Waals surface area contributed by atoms with Crippen molar-refractivity contribution in [3.8, 4) is 0 Å². The summed E-state index contributed by atoms with van der Waals surface area (Å²) in [7, 11) is 0. The number of aryl methyl sites for hydroxylation is 1. The Morgan fingerprint density at radius 1 is 1.29 bits per heavy atom. The van der Waals surface area contributed by atoms with Crippen molar-refractivity contribution >= 4 is 23.0 Å². The largest absolute Gasteiger partial charge is 0.435 e. The Labute approximate surface area is 218 Å². The molecule has 1 fully saturated rings. The first-order chi connectivity index (χ1) is 18.1. The third-order valence-electron chi connectivity index (χ3n) is 6.72. The number of amides is 1. The molecule has 4 heterocycles. The van der Waals surface area contributed by atoms with Crippen LogP contribution >= 0.6 is 11.3 Å². The first kappa shape index (κ1) is 26.3. The average molecular weight is 553 g/mol. The molecule has 13 heteroatoms. The molecule has 38 heavy (non-hydrogen) atoms. The van der Waals surface area contributed by atoms with E-state index >= 15 is 0 Å². The number of halogens is 5. The number of hydrogen-bond acceptors (Lipinski definition) is 6. The molecule has 2 aliphatic heterocycles. The Balaban J connectivity index is 1.16. The fourth-order valence-electron chi connectivity index (χ4n) is 4.64. The molecule has 2 aliphatic rings. The van der Waals surface area contributed by atoms with E-state index in [1.54, 1.807) is 11.0 Å². The van der Waals surface area contributed by atoms with Gasteiger partial charge in [0, 0.05) is 47.6 Å². The number of piperidine rings is 1. The summed E-state index contributed by atoms with van der Waals surface area (Å²) < 4.78 is 66.5. The van der Waals surface area contributed by atoms with Gasteiger partial charge in [-0.05, 0) is 31.9 Å². The monoisotopic (exact) mass is 552 g/mol. The smallest absolute Gasteiger partial charge is 0.387 e. The topological polar surface area (TPSA) is 72.6 Å². The lowest BCUT2D eigenvalue weighted by molar-refractivity contribution is -0.142. The first-order valence-corrected chi connectivity index (χ1v) is 12.8. The third kappa shape index (κ3) is 5.42. The summed E-state index contributed by atoms with van der Waals surface area (Å²) >= 11 is 1.47. The van der Waals surface area contributed by atoms with E-state index in [1.165, 1.54) is 30.4 Å². The summed E-state index contributed by atoms with van der Waals surface area (Å²) in [6.45, 7) is 2.15. The Hall–Kier alpha value is -3.35. The van der Waals surface area contributed by atoms with Gasteiger partial charge in [0.2, 0.25) is 5.91 Å². The Bertz CT molecular complexity index is 1340. The molecule has 0 bridgehead atoms. The van der Waals surface area contributed by atoms with E-state index < -0.39 is 24.4 Å². The highest BCUT2D eigenvalue weighted by Crippen LogP contribution is 2.36. The molecule has 3 aromatic rings. The summed E-state index contributed by atoms with van der Waals surface area (Å²) in [5.74, 6) is -0.166. The number of likely N-dealkylation sites (tertiary alicyclic amines) is 1. The van der Waals surface area contributed by atoms with Crippen LogP contribution in [-0.4, -0.2) is 44.4 Å². The van der Waals surface area contributed by atoms with E-state index in [4.69, 9.17) is 9.82 Å². The van der Waals surface area contributed by atoms with Crippen LogP contribution < -0.4 is 0 Å². The molecule has 1 radical (unpaired) electrons. The van der Waals surface area contributed by atoms with Gasteiger partial charge >= 0.3 is 6.18 Å². The lowest BCUT2D eigenvalue weighted by atomic mass is 9.97. The number of thiazole rings is 1. The minimum Gasteiger partial charge on any atom is -0.387 e. The van der Waals surface area contributed by atoms with Crippen molar-refractivity contribution in [2.24, 2.45) is 5.16 Å². The molecule has 0 N–H and O–H groups in total. The second-order valence-electron chi connectivity index (χ2n) is 9.23. The van der Waals surface area contributed by atoms with Gasteiger partial charge in [0.1, 0.15) is 12.3 Å². The van der Waals surface area contributed by atoms with Crippen molar-refractivity contribution in [3.05, 3.63) is 68.9 Å². The van der Waals surface area contributed by atoms with Gasteiger partial charge in [-0.1, -0.05) is 23.4 Å². The molecule has 0 spiro atoms. The van der Waals surface area contributed by atoms with Crippen molar-refractivity contribution in [2.45, 2.75) is 57.4 Å². The van der Waals surface area contributed by atoms with Crippen LogP contribution in [0.15, 0.2) is 34.8 Å². The normalized spacial score (nSPS) is 18.7. The van der Waals surface area contributed by atoms with Crippen LogP contribution in [0.1, 0.15) is 70.9 Å². The standard InChI is InChI=1S/C25H23F5N5O2S/c1-14-10-21(25(28,29)30)32-35(14)12-22(36)34-8-6-15(7-9-34)24-31-19(13-38-24)18-11-20(37-33-18)16-4-2-3-5-17(16)23(26)27/h2-3,5,10,13,15,20,23H,6-9,11-12H2,1H3. The van der Waals surface area contributed by atoms with Crippen LogP contribution in [0.5, 0.6) is 0 Å². The fourth-order valence-corrected chi connectivity index (χ4v) is 5.64. The minimum absolute atomic E-state index is 0.118. The number of alkyl halides is 5. The molecule has 5 rings (SSSR count). The average Bonchev–Trinajstić information content (AvgIpc) is 3.64. The zero-order valence-electron chi connectivity index (χ0n) is 20.2. The molecule has 1 saturated heterocycles. The predicted molar refractivity (Wildman–Crippen MR) is 128 cm³/mol. The molecule has 1 aromatic carbocycles. The highest BCUT2D eigenvalue weighted by Gasteiger charge is 2.35. The Morgan fingerprint density at radius 3 is 2.74 bits per heavy atom. The van der Waals surface area contributed by atoms with E-state index in [0.29, 0.717) is 43.8 Å². The summed E-state index contributed by atoms with van der Waals surface area (Å²) in [5, 5.41) is 10.4. The van der Waals surface area contributed by atoms with Gasteiger partial charge in [-0.15, -0.1) is 11.3 Å². The second-order valence-corrected chi connectivity index (χ2v) is 10.1. The van der Waals surface area contributed by atoms with Crippen molar-refractivity contribution in [1.82, 2.24) is 19.7 Å². The van der Waals surface area contributed by atoms with Gasteiger partial charge in [0.25, 0.3) is 6.43 Å².